The first-order valence-corrected chi connectivity index (χ1v) is 9.26. The molecule has 3 heterocycles. The summed E-state index contributed by atoms with van der Waals surface area (Å²) >= 11 is 1.48. The Morgan fingerprint density at radius 1 is 1.15 bits per heavy atom. The van der Waals surface area contributed by atoms with Crippen LogP contribution in [0.15, 0.2) is 71.0 Å². The third-order valence-corrected chi connectivity index (χ3v) is 5.18. The lowest BCUT2D eigenvalue weighted by Gasteiger charge is -2.18. The van der Waals surface area contributed by atoms with Crippen LogP contribution >= 0.6 is 11.3 Å². The average molecular weight is 362 g/mol. The zero-order chi connectivity index (χ0) is 17.9. The average Bonchev–Trinajstić information content (AvgIpc) is 3.05. The van der Waals surface area contributed by atoms with E-state index in [9.17, 15) is 4.79 Å². The number of benzene rings is 1. The smallest absolute Gasteiger partial charge is 0.259 e. The van der Waals surface area contributed by atoms with Crippen LogP contribution in [0.2, 0.25) is 0 Å². The van der Waals surface area contributed by atoms with E-state index in [-0.39, 0.29) is 11.6 Å². The molecule has 5 nitrogen and oxygen atoms in total. The van der Waals surface area contributed by atoms with Crippen molar-refractivity contribution >= 4 is 16.3 Å². The minimum Gasteiger partial charge on any atom is -0.299 e. The van der Waals surface area contributed by atoms with Gasteiger partial charge in [0.1, 0.15) is 0 Å². The Labute approximate surface area is 155 Å². The van der Waals surface area contributed by atoms with Crippen molar-refractivity contribution in [3.8, 4) is 0 Å². The standard InChI is InChI=1S/C20H18N4OS/c1-14-13-26-20-23-16(11-18(25)24(14)20)12-22-19(15-7-3-2-4-8-15)17-9-5-6-10-21-17/h2-11,13,19,22H,12H2,1H3. The zero-order valence-electron chi connectivity index (χ0n) is 14.3. The van der Waals surface area contributed by atoms with Crippen molar-refractivity contribution in [2.24, 2.45) is 0 Å². The second-order valence-corrected chi connectivity index (χ2v) is 6.90. The van der Waals surface area contributed by atoms with Crippen LogP contribution in [-0.4, -0.2) is 14.4 Å². The molecule has 1 aromatic carbocycles. The third-order valence-electron chi connectivity index (χ3n) is 4.23. The molecule has 0 aliphatic rings. The molecule has 0 aliphatic carbocycles. The lowest BCUT2D eigenvalue weighted by Crippen LogP contribution is -2.25. The topological polar surface area (TPSA) is 59.3 Å². The van der Waals surface area contributed by atoms with Crippen molar-refractivity contribution in [3.63, 3.8) is 0 Å². The summed E-state index contributed by atoms with van der Waals surface area (Å²) in [6, 6.07) is 17.6. The van der Waals surface area contributed by atoms with Gasteiger partial charge in [-0.1, -0.05) is 36.4 Å². The van der Waals surface area contributed by atoms with Crippen molar-refractivity contribution in [1.29, 1.82) is 0 Å². The largest absolute Gasteiger partial charge is 0.299 e. The van der Waals surface area contributed by atoms with E-state index in [1.807, 2.05) is 48.7 Å². The Kier molecular flexibility index (Phi) is 4.60. The van der Waals surface area contributed by atoms with E-state index in [4.69, 9.17) is 0 Å². The van der Waals surface area contributed by atoms with Gasteiger partial charge in [-0.3, -0.25) is 19.5 Å². The van der Waals surface area contributed by atoms with Gasteiger partial charge < -0.3 is 0 Å². The lowest BCUT2D eigenvalue weighted by atomic mass is 10.0. The SMILES string of the molecule is Cc1csc2nc(CNC(c3ccccc3)c3ccccn3)cc(=O)n12. The highest BCUT2D eigenvalue weighted by molar-refractivity contribution is 7.15. The van der Waals surface area contributed by atoms with Crippen LogP contribution in [0, 0.1) is 6.92 Å². The molecule has 0 aliphatic heterocycles. The number of pyridine rings is 1. The molecular weight excluding hydrogens is 344 g/mol. The molecule has 130 valence electrons. The minimum atomic E-state index is -0.0669. The molecule has 0 spiro atoms. The van der Waals surface area contributed by atoms with Gasteiger partial charge in [0.2, 0.25) is 0 Å². The van der Waals surface area contributed by atoms with Gasteiger partial charge in [-0.05, 0) is 24.6 Å². The van der Waals surface area contributed by atoms with E-state index >= 15 is 0 Å². The molecule has 0 saturated heterocycles. The van der Waals surface area contributed by atoms with Gasteiger partial charge >= 0.3 is 0 Å². The fourth-order valence-electron chi connectivity index (χ4n) is 2.98. The highest BCUT2D eigenvalue weighted by Gasteiger charge is 2.15. The quantitative estimate of drug-likeness (QED) is 0.592. The summed E-state index contributed by atoms with van der Waals surface area (Å²) in [6.45, 7) is 2.40. The summed E-state index contributed by atoms with van der Waals surface area (Å²) in [5.74, 6) is 0. The number of aryl methyl sites for hydroxylation is 1. The predicted octanol–water partition coefficient (Wildman–Crippen LogP) is 3.34. The first-order chi connectivity index (χ1) is 12.7. The number of hydrogen-bond donors (Lipinski definition) is 1. The van der Waals surface area contributed by atoms with Crippen LogP contribution in [-0.2, 0) is 6.54 Å². The van der Waals surface area contributed by atoms with Gasteiger partial charge in [0.05, 0.1) is 17.4 Å². The van der Waals surface area contributed by atoms with Gasteiger partial charge in [-0.25, -0.2) is 4.98 Å². The molecule has 0 fully saturated rings. The number of nitrogens with one attached hydrogen (secondary N) is 1. The van der Waals surface area contributed by atoms with E-state index < -0.39 is 0 Å². The number of hydrogen-bond acceptors (Lipinski definition) is 5. The van der Waals surface area contributed by atoms with Crippen molar-refractivity contribution in [2.45, 2.75) is 19.5 Å². The Morgan fingerprint density at radius 3 is 2.73 bits per heavy atom. The predicted molar refractivity (Wildman–Crippen MR) is 103 cm³/mol. The van der Waals surface area contributed by atoms with E-state index in [2.05, 4.69) is 27.4 Å². The van der Waals surface area contributed by atoms with Crippen LogP contribution in [0.3, 0.4) is 0 Å². The number of aromatic nitrogens is 3. The van der Waals surface area contributed by atoms with Gasteiger partial charge in [0.25, 0.3) is 5.56 Å². The zero-order valence-corrected chi connectivity index (χ0v) is 15.1. The van der Waals surface area contributed by atoms with Crippen LogP contribution in [0.5, 0.6) is 0 Å². The maximum atomic E-state index is 12.4. The van der Waals surface area contributed by atoms with Gasteiger partial charge in [-0.15, -0.1) is 11.3 Å². The number of fused-ring (bicyclic) bond motifs is 1. The summed E-state index contributed by atoms with van der Waals surface area (Å²) in [6.07, 6.45) is 1.79. The molecule has 1 atom stereocenters. The van der Waals surface area contributed by atoms with Crippen molar-refractivity contribution in [3.05, 3.63) is 99.2 Å². The van der Waals surface area contributed by atoms with Gasteiger partial charge in [0.15, 0.2) is 4.96 Å². The fraction of sp³-hybridized carbons (Fsp3) is 0.150. The van der Waals surface area contributed by atoms with Crippen LogP contribution in [0.1, 0.15) is 28.7 Å². The summed E-state index contributed by atoms with van der Waals surface area (Å²) in [7, 11) is 0. The minimum absolute atomic E-state index is 0.0420. The maximum absolute atomic E-state index is 12.4. The third kappa shape index (κ3) is 3.29. The Bertz CT molecular complexity index is 1030. The molecule has 1 unspecified atom stereocenters. The normalized spacial score (nSPS) is 12.3. The number of rotatable bonds is 5. The first-order valence-electron chi connectivity index (χ1n) is 8.38. The first kappa shape index (κ1) is 16.6. The van der Waals surface area contributed by atoms with Crippen molar-refractivity contribution in [2.75, 3.05) is 0 Å². The highest BCUT2D eigenvalue weighted by Crippen LogP contribution is 2.20. The fourth-order valence-corrected chi connectivity index (χ4v) is 3.87. The van der Waals surface area contributed by atoms with E-state index in [1.165, 1.54) is 11.3 Å². The summed E-state index contributed by atoms with van der Waals surface area (Å²) < 4.78 is 1.64. The summed E-state index contributed by atoms with van der Waals surface area (Å²) in [4.78, 5) is 22.2. The van der Waals surface area contributed by atoms with Gasteiger partial charge in [0, 0.05) is 29.9 Å². The molecule has 0 amide bonds. The number of thiazole rings is 1. The molecule has 0 saturated carbocycles. The molecule has 3 aromatic heterocycles. The summed E-state index contributed by atoms with van der Waals surface area (Å²) in [5, 5.41) is 5.44. The van der Waals surface area contributed by atoms with Crippen molar-refractivity contribution in [1.82, 2.24) is 19.7 Å². The Balaban J connectivity index is 1.64. The monoisotopic (exact) mass is 362 g/mol. The van der Waals surface area contributed by atoms with Gasteiger partial charge in [-0.2, -0.15) is 0 Å². The molecular formula is C20H18N4OS. The van der Waals surface area contributed by atoms with E-state index in [0.717, 1.165) is 27.6 Å². The Morgan fingerprint density at radius 2 is 1.96 bits per heavy atom. The molecule has 4 aromatic rings. The van der Waals surface area contributed by atoms with Crippen LogP contribution in [0.4, 0.5) is 0 Å². The van der Waals surface area contributed by atoms with E-state index in [1.54, 1.807) is 16.7 Å². The molecule has 4 rings (SSSR count). The van der Waals surface area contributed by atoms with Crippen LogP contribution < -0.4 is 10.9 Å². The second kappa shape index (κ2) is 7.19. The summed E-state index contributed by atoms with van der Waals surface area (Å²) in [5.41, 5.74) is 3.66. The van der Waals surface area contributed by atoms with E-state index in [0.29, 0.717) is 6.54 Å². The lowest BCUT2D eigenvalue weighted by molar-refractivity contribution is 0.584. The second-order valence-electron chi connectivity index (χ2n) is 6.06. The molecule has 26 heavy (non-hydrogen) atoms. The maximum Gasteiger partial charge on any atom is 0.259 e. The van der Waals surface area contributed by atoms with Crippen LogP contribution in [0.25, 0.3) is 4.96 Å². The molecule has 0 bridgehead atoms. The molecule has 1 N–H and O–H groups in total. The Hall–Kier alpha value is -2.83. The highest BCUT2D eigenvalue weighted by atomic mass is 32.1. The molecule has 6 heteroatoms. The van der Waals surface area contributed by atoms with Crippen molar-refractivity contribution < 1.29 is 0 Å². The molecule has 0 radical (unpaired) electrons. The number of nitrogens with zero attached hydrogens (tertiary/aromatic N) is 3.